The number of esters is 1. The van der Waals surface area contributed by atoms with E-state index in [0.29, 0.717) is 12.0 Å². The predicted octanol–water partition coefficient (Wildman–Crippen LogP) is 2.20. The number of nitrogens with one attached hydrogen (secondary N) is 1. The molecule has 2 aromatic rings. The van der Waals surface area contributed by atoms with Gasteiger partial charge in [-0.1, -0.05) is 44.2 Å². The van der Waals surface area contributed by atoms with E-state index in [1.807, 2.05) is 6.07 Å². The van der Waals surface area contributed by atoms with Crippen LogP contribution >= 0.6 is 0 Å². The largest absolute Gasteiger partial charge is 0.501 e. The first-order valence-electron chi connectivity index (χ1n) is 7.76. The number of carbonyl (C=O) groups is 2. The normalized spacial score (nSPS) is 11.2. The fraction of sp³-hybridized carbons (Fsp3) is 0.333. The highest BCUT2D eigenvalue weighted by atomic mass is 16.5. The molecular formula is C18H20N2O5. The van der Waals surface area contributed by atoms with Gasteiger partial charge in [-0.2, -0.15) is 0 Å². The highest BCUT2D eigenvalue weighted by molar-refractivity contribution is 5.96. The minimum atomic E-state index is -0.902. The van der Waals surface area contributed by atoms with E-state index in [1.165, 1.54) is 0 Å². The first-order valence-corrected chi connectivity index (χ1v) is 7.76. The van der Waals surface area contributed by atoms with Crippen LogP contribution in [0, 0.1) is 0 Å². The number of ether oxygens (including phenoxy) is 1. The van der Waals surface area contributed by atoms with Crippen molar-refractivity contribution in [2.24, 2.45) is 0 Å². The average Bonchev–Trinajstić information content (AvgIpc) is 2.61. The van der Waals surface area contributed by atoms with Gasteiger partial charge >= 0.3 is 5.97 Å². The molecule has 1 heterocycles. The number of methoxy groups -OCH3 is 1. The van der Waals surface area contributed by atoms with Crippen LogP contribution in [0.15, 0.2) is 35.1 Å². The van der Waals surface area contributed by atoms with E-state index in [1.54, 1.807) is 38.1 Å². The minimum absolute atomic E-state index is 0.0250. The molecule has 25 heavy (non-hydrogen) atoms. The minimum Gasteiger partial charge on any atom is -0.501 e. The molecule has 0 saturated heterocycles. The molecule has 0 aliphatic carbocycles. The highest BCUT2D eigenvalue weighted by Crippen LogP contribution is 2.27. The molecule has 2 N–H and O–H groups in total. The van der Waals surface area contributed by atoms with Crippen LogP contribution in [0.5, 0.6) is 5.75 Å². The Morgan fingerprint density at radius 3 is 2.48 bits per heavy atom. The summed E-state index contributed by atoms with van der Waals surface area (Å²) >= 11 is 0. The summed E-state index contributed by atoms with van der Waals surface area (Å²) in [6.45, 7) is 3.59. The van der Waals surface area contributed by atoms with E-state index in [2.05, 4.69) is 14.7 Å². The van der Waals surface area contributed by atoms with Crippen molar-refractivity contribution in [1.82, 2.24) is 9.97 Å². The number of ketones is 1. The van der Waals surface area contributed by atoms with Gasteiger partial charge in [-0.3, -0.25) is 9.59 Å². The molecule has 0 radical (unpaired) electrons. The highest BCUT2D eigenvalue weighted by Gasteiger charge is 2.28. The van der Waals surface area contributed by atoms with Gasteiger partial charge < -0.3 is 14.8 Å². The van der Waals surface area contributed by atoms with Crippen LogP contribution in [0.1, 0.15) is 53.4 Å². The molecular weight excluding hydrogens is 324 g/mol. The summed E-state index contributed by atoms with van der Waals surface area (Å²) in [6.07, 6.45) is 0.643. The average molecular weight is 344 g/mol. The molecule has 0 unspecified atom stereocenters. The van der Waals surface area contributed by atoms with Crippen molar-refractivity contribution in [3.05, 3.63) is 57.8 Å². The smallest absolute Gasteiger partial charge is 0.360 e. The zero-order valence-corrected chi connectivity index (χ0v) is 14.3. The number of aromatic nitrogens is 2. The standard InChI is InChI=1S/C18H20N2O5/c1-18(2,10-9-12(21)11-7-5-4-6-8-11)17-19-13(16(24)25-3)14(22)15(23)20-17/h4-8,22H,9-10H2,1-3H3,(H,19,20,23). The van der Waals surface area contributed by atoms with Gasteiger partial charge in [0.05, 0.1) is 7.11 Å². The first kappa shape index (κ1) is 18.4. The third-order valence-corrected chi connectivity index (χ3v) is 3.99. The van der Waals surface area contributed by atoms with Crippen LogP contribution in [0.2, 0.25) is 0 Å². The number of aromatic amines is 1. The van der Waals surface area contributed by atoms with Crippen molar-refractivity contribution in [1.29, 1.82) is 0 Å². The quantitative estimate of drug-likeness (QED) is 0.614. The Labute approximate surface area is 144 Å². The van der Waals surface area contributed by atoms with Crippen molar-refractivity contribution in [2.75, 3.05) is 7.11 Å². The van der Waals surface area contributed by atoms with Gasteiger partial charge in [-0.15, -0.1) is 0 Å². The van der Waals surface area contributed by atoms with E-state index < -0.39 is 28.4 Å². The van der Waals surface area contributed by atoms with Crippen LogP contribution in [0.3, 0.4) is 0 Å². The molecule has 0 bridgehead atoms. The number of nitrogens with zero attached hydrogens (tertiary/aromatic N) is 1. The Morgan fingerprint density at radius 2 is 1.88 bits per heavy atom. The number of carbonyl (C=O) groups excluding carboxylic acids is 2. The van der Waals surface area contributed by atoms with Crippen molar-refractivity contribution in [3.63, 3.8) is 0 Å². The fourth-order valence-corrected chi connectivity index (χ4v) is 2.34. The van der Waals surface area contributed by atoms with Crippen molar-refractivity contribution >= 4 is 11.8 Å². The second kappa shape index (κ2) is 7.29. The van der Waals surface area contributed by atoms with E-state index in [-0.39, 0.29) is 18.0 Å². The van der Waals surface area contributed by atoms with Crippen LogP contribution in [-0.4, -0.2) is 33.9 Å². The lowest BCUT2D eigenvalue weighted by atomic mass is 9.85. The Bertz CT molecular complexity index is 840. The number of rotatable bonds is 6. The van der Waals surface area contributed by atoms with Crippen LogP contribution in [0.4, 0.5) is 0 Å². The summed E-state index contributed by atoms with van der Waals surface area (Å²) in [5.41, 5.74) is -1.35. The maximum atomic E-state index is 12.3. The van der Waals surface area contributed by atoms with Crippen molar-refractivity contribution < 1.29 is 19.4 Å². The molecule has 0 aliphatic rings. The lowest BCUT2D eigenvalue weighted by Gasteiger charge is -2.23. The van der Waals surface area contributed by atoms with Gasteiger partial charge in [0, 0.05) is 17.4 Å². The van der Waals surface area contributed by atoms with Crippen molar-refractivity contribution in [2.45, 2.75) is 32.1 Å². The zero-order valence-electron chi connectivity index (χ0n) is 14.3. The zero-order chi connectivity index (χ0) is 18.6. The summed E-state index contributed by atoms with van der Waals surface area (Å²) < 4.78 is 4.53. The molecule has 7 nitrogen and oxygen atoms in total. The van der Waals surface area contributed by atoms with E-state index in [4.69, 9.17) is 0 Å². The second-order valence-electron chi connectivity index (χ2n) is 6.28. The molecule has 0 spiro atoms. The SMILES string of the molecule is COC(=O)c1nc(C(C)(C)CCC(=O)c2ccccc2)[nH]c(=O)c1O. The third-order valence-electron chi connectivity index (χ3n) is 3.99. The molecule has 0 atom stereocenters. The molecule has 0 amide bonds. The van der Waals surface area contributed by atoms with Crippen molar-refractivity contribution in [3.8, 4) is 5.75 Å². The van der Waals surface area contributed by atoms with Crippen LogP contribution < -0.4 is 5.56 Å². The number of hydrogen-bond acceptors (Lipinski definition) is 6. The Hall–Kier alpha value is -2.96. The number of Topliss-reactive ketones (excluding diaryl/α,β-unsaturated/α-hetero) is 1. The molecule has 1 aromatic heterocycles. The van der Waals surface area contributed by atoms with Gasteiger partial charge in [-0.05, 0) is 6.42 Å². The maximum Gasteiger partial charge on any atom is 0.360 e. The summed E-state index contributed by atoms with van der Waals surface area (Å²) in [5, 5.41) is 9.69. The molecule has 7 heteroatoms. The number of hydrogen-bond donors (Lipinski definition) is 2. The maximum absolute atomic E-state index is 12.3. The van der Waals surface area contributed by atoms with E-state index in [0.717, 1.165) is 7.11 Å². The van der Waals surface area contributed by atoms with Crippen LogP contribution in [0.25, 0.3) is 0 Å². The molecule has 0 fully saturated rings. The molecule has 2 rings (SSSR count). The van der Waals surface area contributed by atoms with Gasteiger partial charge in [0.25, 0.3) is 5.56 Å². The third kappa shape index (κ3) is 4.12. The molecule has 1 aromatic carbocycles. The Kier molecular flexibility index (Phi) is 5.36. The lowest BCUT2D eigenvalue weighted by molar-refractivity contribution is 0.0588. The number of H-pyrrole nitrogens is 1. The van der Waals surface area contributed by atoms with E-state index >= 15 is 0 Å². The molecule has 0 aliphatic heterocycles. The van der Waals surface area contributed by atoms with Gasteiger partial charge in [0.2, 0.25) is 5.75 Å². The monoisotopic (exact) mass is 344 g/mol. The predicted molar refractivity (Wildman–Crippen MR) is 90.9 cm³/mol. The topological polar surface area (TPSA) is 109 Å². The number of aromatic hydroxyl groups is 1. The second-order valence-corrected chi connectivity index (χ2v) is 6.28. The Morgan fingerprint density at radius 1 is 1.24 bits per heavy atom. The summed E-state index contributed by atoms with van der Waals surface area (Å²) in [6, 6.07) is 8.90. The summed E-state index contributed by atoms with van der Waals surface area (Å²) in [4.78, 5) is 42.3. The van der Waals surface area contributed by atoms with Gasteiger partial charge in [-0.25, -0.2) is 9.78 Å². The number of benzene rings is 1. The van der Waals surface area contributed by atoms with Gasteiger partial charge in [0.1, 0.15) is 5.82 Å². The first-order chi connectivity index (χ1) is 11.8. The van der Waals surface area contributed by atoms with E-state index in [9.17, 15) is 19.5 Å². The Balaban J connectivity index is 2.24. The summed E-state index contributed by atoms with van der Waals surface area (Å²) in [5.74, 6) is -1.51. The van der Waals surface area contributed by atoms with Gasteiger partial charge in [0.15, 0.2) is 11.5 Å². The molecule has 132 valence electrons. The molecule has 0 saturated carbocycles. The summed E-state index contributed by atoms with van der Waals surface area (Å²) in [7, 11) is 1.13. The fourth-order valence-electron chi connectivity index (χ4n) is 2.34. The lowest BCUT2D eigenvalue weighted by Crippen LogP contribution is -2.28. The van der Waals surface area contributed by atoms with Crippen LogP contribution in [-0.2, 0) is 10.2 Å².